The summed E-state index contributed by atoms with van der Waals surface area (Å²) in [6, 6.07) is 17.0. The summed E-state index contributed by atoms with van der Waals surface area (Å²) in [5.41, 5.74) is 0.0570. The molecule has 0 radical (unpaired) electrons. The quantitative estimate of drug-likeness (QED) is 0.151. The Morgan fingerprint density at radius 3 is 2.17 bits per heavy atom. The zero-order chi connectivity index (χ0) is 23.4. The smallest absolute Gasteiger partial charge is 0.723 e. The van der Waals surface area contributed by atoms with E-state index in [1.807, 2.05) is 0 Å². The second-order valence-electron chi connectivity index (χ2n) is 6.87. The molecule has 0 spiro atoms. The summed E-state index contributed by atoms with van der Waals surface area (Å²) in [5, 5.41) is 29.9. The van der Waals surface area contributed by atoms with Gasteiger partial charge in [-0.1, -0.05) is 42.5 Å². The number of carboxylic acid groups (broad SMARTS) is 1. The van der Waals surface area contributed by atoms with Gasteiger partial charge in [0.25, 0.3) is 11.5 Å². The van der Waals surface area contributed by atoms with Gasteiger partial charge in [-0.3, -0.25) is 14.7 Å². The minimum Gasteiger partial charge on any atom is -0.723 e. The fraction of sp³-hybridized carbons (Fsp3) is 0.0435. The van der Waals surface area contributed by atoms with Gasteiger partial charge in [-0.2, -0.15) is 10.1 Å². The number of anilines is 1. The number of carbonyl (C=O) groups excluding carboxylic acids is 2. The Kier molecular flexibility index (Phi) is 10.6. The van der Waals surface area contributed by atoms with Crippen molar-refractivity contribution in [3.8, 4) is 5.69 Å². The summed E-state index contributed by atoms with van der Waals surface area (Å²) in [7, 11) is 0. The van der Waals surface area contributed by atoms with Crippen LogP contribution in [0.25, 0.3) is 11.8 Å². The van der Waals surface area contributed by atoms with Gasteiger partial charge in [0.15, 0.2) is 0 Å². The van der Waals surface area contributed by atoms with Crippen molar-refractivity contribution < 1.29 is 84.0 Å². The van der Waals surface area contributed by atoms with Gasteiger partial charge in [-0.25, -0.2) is 4.68 Å². The normalized spacial score (nSPS) is 14.1. The predicted molar refractivity (Wildman–Crippen MR) is 115 cm³/mol. The summed E-state index contributed by atoms with van der Waals surface area (Å²) < 4.78 is 1.24. The molecule has 0 bridgehead atoms. The van der Waals surface area contributed by atoms with E-state index in [1.54, 1.807) is 60.7 Å². The zero-order valence-electron chi connectivity index (χ0n) is 19.0. The van der Waals surface area contributed by atoms with Gasteiger partial charge in [-0.05, 0) is 36.4 Å². The average Bonchev–Trinajstić information content (AvgIpc) is 3.32. The van der Waals surface area contributed by atoms with E-state index in [9.17, 15) is 24.7 Å². The number of hydrazone groups is 1. The molecule has 0 saturated heterocycles. The number of benzene rings is 2. The number of carboxylic acids is 1. The van der Waals surface area contributed by atoms with Crippen molar-refractivity contribution >= 4 is 29.4 Å². The maximum absolute atomic E-state index is 12.9. The molecule has 4 rings (SSSR count). The number of hydrogen-bond acceptors (Lipinski definition) is 7. The third kappa shape index (κ3) is 6.18. The van der Waals surface area contributed by atoms with Crippen LogP contribution in [0, 0.1) is 0 Å². The summed E-state index contributed by atoms with van der Waals surface area (Å²) >= 11 is 0. The van der Waals surface area contributed by atoms with Crippen LogP contribution in [0.2, 0.25) is 0 Å². The van der Waals surface area contributed by atoms with E-state index in [4.69, 9.17) is 0 Å². The van der Waals surface area contributed by atoms with Gasteiger partial charge in [0.05, 0.1) is 40.8 Å². The zero-order valence-corrected chi connectivity index (χ0v) is 23.0. The van der Waals surface area contributed by atoms with Crippen LogP contribution in [0.4, 0.5) is 5.69 Å². The van der Waals surface area contributed by atoms with Crippen LogP contribution in [0.15, 0.2) is 88.3 Å². The van der Waals surface area contributed by atoms with Crippen LogP contribution in [0.3, 0.4) is 0 Å². The minimum atomic E-state index is -1.62. The molecule has 1 aliphatic rings. The average molecular weight is 490 g/mol. The molecule has 1 N–H and O–H groups in total. The van der Waals surface area contributed by atoms with Crippen LogP contribution in [0.1, 0.15) is 11.3 Å². The van der Waals surface area contributed by atoms with Crippen molar-refractivity contribution in [1.29, 1.82) is 0 Å². The third-order valence-corrected chi connectivity index (χ3v) is 4.82. The number of hydrogen-bond donors (Lipinski definition) is 1. The number of nitrogens with zero attached hydrogens (tertiary/aromatic N) is 3. The Hall–Kier alpha value is -2.54. The molecule has 0 unspecified atom stereocenters. The Morgan fingerprint density at radius 2 is 1.60 bits per heavy atom. The number of allylic oxidation sites excluding steroid dienone is 2. The number of rotatable bonds is 7. The number of H-pyrrole nitrogens is 1. The van der Waals surface area contributed by atoms with Crippen LogP contribution in [0.5, 0.6) is 0 Å². The van der Waals surface area contributed by atoms with Crippen molar-refractivity contribution in [3.05, 3.63) is 100.0 Å². The maximum Gasteiger partial charge on any atom is 1.00 e. The summed E-state index contributed by atoms with van der Waals surface area (Å²) in [5.74, 6) is -2.28. The van der Waals surface area contributed by atoms with E-state index in [0.29, 0.717) is 11.4 Å². The molecule has 0 atom stereocenters. The van der Waals surface area contributed by atoms with E-state index in [-0.39, 0.29) is 75.9 Å². The van der Waals surface area contributed by atoms with Crippen molar-refractivity contribution in [2.24, 2.45) is 5.10 Å². The van der Waals surface area contributed by atoms with Gasteiger partial charge in [0.2, 0.25) is 0 Å². The second-order valence-corrected chi connectivity index (χ2v) is 6.87. The van der Waals surface area contributed by atoms with Crippen molar-refractivity contribution in [2.75, 3.05) is 5.01 Å². The Balaban J connectivity index is 0.00000216. The number of aromatic amines is 1. The van der Waals surface area contributed by atoms with Gasteiger partial charge >= 0.3 is 59.1 Å². The third-order valence-electron chi connectivity index (χ3n) is 4.82. The standard InChI is InChI=1S/C23H18N4O6.2Na/c28-21-17(19(14-33-32)24-26(21)15-8-3-1-4-9-15)12-7-13-18-20(23(30)31)25-27(22(18)29)16-10-5-2-6-11-16;;/h1-13,24,32H,14H2,(H,30,31);;/q;2*+1/p-2/b12-7+,18-13+;;. The van der Waals surface area contributed by atoms with E-state index in [2.05, 4.69) is 15.1 Å². The van der Waals surface area contributed by atoms with E-state index < -0.39 is 29.8 Å². The Morgan fingerprint density at radius 1 is 1.00 bits per heavy atom. The first kappa shape index (κ1) is 28.7. The van der Waals surface area contributed by atoms with Crippen LogP contribution in [-0.4, -0.2) is 27.4 Å². The first-order valence-corrected chi connectivity index (χ1v) is 9.73. The van der Waals surface area contributed by atoms with Crippen molar-refractivity contribution in [3.63, 3.8) is 0 Å². The Bertz CT molecular complexity index is 1350. The molecule has 2 aromatic carbocycles. The number of para-hydroxylation sites is 2. The van der Waals surface area contributed by atoms with E-state index in [0.717, 1.165) is 5.01 Å². The molecule has 2 heterocycles. The largest absolute Gasteiger partial charge is 1.00 e. The topological polar surface area (TPSA) is 143 Å². The van der Waals surface area contributed by atoms with Crippen LogP contribution < -0.4 is 80.0 Å². The van der Waals surface area contributed by atoms with Gasteiger partial charge in [0.1, 0.15) is 5.71 Å². The van der Waals surface area contributed by atoms with Crippen molar-refractivity contribution in [2.45, 2.75) is 6.61 Å². The molecule has 166 valence electrons. The molecule has 12 heteroatoms. The molecule has 3 aromatic rings. The number of carbonyl (C=O) groups is 2. The fourth-order valence-electron chi connectivity index (χ4n) is 3.30. The predicted octanol–water partition coefficient (Wildman–Crippen LogP) is -5.94. The Labute approximate surface area is 243 Å². The number of aromatic nitrogens is 2. The minimum absolute atomic E-state index is 0. The van der Waals surface area contributed by atoms with E-state index >= 15 is 0 Å². The molecule has 0 aliphatic carbocycles. The summed E-state index contributed by atoms with van der Waals surface area (Å²) in [4.78, 5) is 41.1. The number of aliphatic carboxylic acids is 1. The molecule has 1 amide bonds. The van der Waals surface area contributed by atoms with Crippen molar-refractivity contribution in [1.82, 2.24) is 9.78 Å². The monoisotopic (exact) mass is 490 g/mol. The SMILES string of the molecule is O=C([O-])C1=NN(c2ccccc2)C(=O)/C1=C/C=C/c1c(CO[O-])[nH]n(-c2ccccc2)c1=O.[Na+].[Na+]. The molecule has 1 aliphatic heterocycles. The molecule has 0 fully saturated rings. The first-order chi connectivity index (χ1) is 16.0. The van der Waals surface area contributed by atoms with E-state index in [1.165, 1.54) is 22.9 Å². The molecule has 35 heavy (non-hydrogen) atoms. The molecule has 1 aromatic heterocycles. The van der Waals surface area contributed by atoms with Gasteiger partial charge < -0.3 is 20.0 Å². The molecular weight excluding hydrogens is 474 g/mol. The molecule has 0 saturated carbocycles. The second kappa shape index (κ2) is 13.0. The number of nitrogens with one attached hydrogen (secondary N) is 1. The molecular formula is C23H16N4Na2O6. The summed E-state index contributed by atoms with van der Waals surface area (Å²) in [6.45, 7) is -0.405. The summed E-state index contributed by atoms with van der Waals surface area (Å²) in [6.07, 6.45) is 3.90. The number of amides is 1. The van der Waals surface area contributed by atoms with Crippen LogP contribution in [-0.2, 0) is 21.1 Å². The van der Waals surface area contributed by atoms with Gasteiger partial charge in [-0.15, -0.1) is 0 Å². The van der Waals surface area contributed by atoms with Crippen LogP contribution >= 0.6 is 0 Å². The fourth-order valence-corrected chi connectivity index (χ4v) is 3.30. The first-order valence-electron chi connectivity index (χ1n) is 9.73. The molecule has 10 nitrogen and oxygen atoms in total. The maximum atomic E-state index is 12.9. The van der Waals surface area contributed by atoms with Gasteiger partial charge in [0, 0.05) is 0 Å².